The molecule has 78 valence electrons. The number of nitrogens with zero attached hydrogens (tertiary/aromatic N) is 2. The van der Waals surface area contributed by atoms with E-state index in [0.29, 0.717) is 6.61 Å². The van der Waals surface area contributed by atoms with E-state index in [1.807, 2.05) is 34.9 Å². The molecular formula is C9H16N3O2+. The number of hydrogen-bond acceptors (Lipinski definition) is 2. The van der Waals surface area contributed by atoms with E-state index in [4.69, 9.17) is 4.74 Å². The number of carbonyl (C=O) groups is 1. The molecule has 1 N–H and O–H groups in total. The number of aromatic nitrogens is 2. The molecule has 1 heterocycles. The lowest BCUT2D eigenvalue weighted by molar-refractivity contribution is -0.671. The maximum absolute atomic E-state index is 10.7. The monoisotopic (exact) mass is 198 g/mol. The van der Waals surface area contributed by atoms with Crippen LogP contribution in [0, 0.1) is 0 Å². The van der Waals surface area contributed by atoms with Crippen LogP contribution in [-0.4, -0.2) is 24.3 Å². The molecule has 14 heavy (non-hydrogen) atoms. The number of carbonyl (C=O) groups excluding carboxylic acids is 1. The van der Waals surface area contributed by atoms with Gasteiger partial charge in [0.1, 0.15) is 12.4 Å². The molecule has 0 unspecified atom stereocenters. The SMILES string of the molecule is CNC(=O)OCCCn1cc[n+](C)c1. The number of nitrogens with one attached hydrogen (secondary N) is 1. The first-order chi connectivity index (χ1) is 6.72. The van der Waals surface area contributed by atoms with Gasteiger partial charge in [-0.05, 0) is 0 Å². The third-order valence-electron chi connectivity index (χ3n) is 1.82. The minimum atomic E-state index is -0.372. The summed E-state index contributed by atoms with van der Waals surface area (Å²) in [5.74, 6) is 0. The summed E-state index contributed by atoms with van der Waals surface area (Å²) in [6, 6.07) is 0. The fourth-order valence-electron chi connectivity index (χ4n) is 1.12. The van der Waals surface area contributed by atoms with Gasteiger partial charge in [-0.2, -0.15) is 0 Å². The summed E-state index contributed by atoms with van der Waals surface area (Å²) in [4.78, 5) is 10.7. The zero-order chi connectivity index (χ0) is 10.4. The Labute approximate surface area is 83.3 Å². The molecule has 0 aliphatic rings. The van der Waals surface area contributed by atoms with Crippen LogP contribution in [0.15, 0.2) is 18.7 Å². The minimum Gasteiger partial charge on any atom is -0.449 e. The maximum Gasteiger partial charge on any atom is 0.406 e. The van der Waals surface area contributed by atoms with Crippen molar-refractivity contribution in [3.8, 4) is 0 Å². The Kier molecular flexibility index (Phi) is 3.97. The molecule has 5 heteroatoms. The summed E-state index contributed by atoms with van der Waals surface area (Å²) >= 11 is 0. The Morgan fingerprint density at radius 2 is 2.43 bits per heavy atom. The van der Waals surface area contributed by atoms with Crippen LogP contribution in [-0.2, 0) is 18.3 Å². The zero-order valence-electron chi connectivity index (χ0n) is 8.56. The van der Waals surface area contributed by atoms with E-state index in [0.717, 1.165) is 13.0 Å². The number of amides is 1. The first-order valence-corrected chi connectivity index (χ1v) is 4.58. The average Bonchev–Trinajstić information content (AvgIpc) is 2.58. The quantitative estimate of drug-likeness (QED) is 0.549. The molecule has 0 saturated carbocycles. The molecule has 0 radical (unpaired) electrons. The summed E-state index contributed by atoms with van der Waals surface area (Å²) in [7, 11) is 3.52. The molecule has 0 saturated heterocycles. The molecule has 1 aromatic rings. The lowest BCUT2D eigenvalue weighted by Crippen LogP contribution is -2.24. The molecule has 0 aliphatic heterocycles. The minimum absolute atomic E-state index is 0.372. The van der Waals surface area contributed by atoms with Crippen molar-refractivity contribution >= 4 is 6.09 Å². The van der Waals surface area contributed by atoms with Crippen molar-refractivity contribution < 1.29 is 14.1 Å². The predicted molar refractivity (Wildman–Crippen MR) is 50.6 cm³/mol. The fraction of sp³-hybridized carbons (Fsp3) is 0.556. The van der Waals surface area contributed by atoms with E-state index in [1.54, 1.807) is 7.05 Å². The second-order valence-corrected chi connectivity index (χ2v) is 3.06. The van der Waals surface area contributed by atoms with Crippen LogP contribution in [0.3, 0.4) is 0 Å². The van der Waals surface area contributed by atoms with Crippen LogP contribution in [0.1, 0.15) is 6.42 Å². The van der Waals surface area contributed by atoms with Crippen molar-refractivity contribution in [1.82, 2.24) is 9.88 Å². The third kappa shape index (κ3) is 3.47. The van der Waals surface area contributed by atoms with Crippen molar-refractivity contribution in [1.29, 1.82) is 0 Å². The lowest BCUT2D eigenvalue weighted by Gasteiger charge is -2.01. The van der Waals surface area contributed by atoms with Crippen molar-refractivity contribution in [2.45, 2.75) is 13.0 Å². The molecule has 1 amide bonds. The van der Waals surface area contributed by atoms with Crippen LogP contribution in [0.4, 0.5) is 4.79 Å². The number of rotatable bonds is 4. The van der Waals surface area contributed by atoms with Crippen molar-refractivity contribution in [3.63, 3.8) is 0 Å². The van der Waals surface area contributed by atoms with Gasteiger partial charge < -0.3 is 10.1 Å². The van der Waals surface area contributed by atoms with E-state index in [9.17, 15) is 4.79 Å². The lowest BCUT2D eigenvalue weighted by atomic mass is 10.4. The van der Waals surface area contributed by atoms with Crippen molar-refractivity contribution in [2.75, 3.05) is 13.7 Å². The van der Waals surface area contributed by atoms with Gasteiger partial charge in [-0.15, -0.1) is 0 Å². The molecule has 0 fully saturated rings. The van der Waals surface area contributed by atoms with E-state index >= 15 is 0 Å². The molecule has 0 spiro atoms. The highest BCUT2D eigenvalue weighted by Crippen LogP contribution is 1.90. The third-order valence-corrected chi connectivity index (χ3v) is 1.82. The Bertz CT molecular complexity index is 296. The summed E-state index contributed by atoms with van der Waals surface area (Å²) in [6.07, 6.45) is 6.39. The van der Waals surface area contributed by atoms with E-state index in [1.165, 1.54) is 0 Å². The van der Waals surface area contributed by atoms with E-state index in [2.05, 4.69) is 5.32 Å². The standard InChI is InChI=1S/C9H15N3O2/c1-10-9(13)14-7-3-4-12-6-5-11(2)8-12/h5-6,8H,3-4,7H2,1-2H3/p+1. The fourth-order valence-corrected chi connectivity index (χ4v) is 1.12. The van der Waals surface area contributed by atoms with Gasteiger partial charge in [-0.3, -0.25) is 0 Å². The molecule has 5 nitrogen and oxygen atoms in total. The molecule has 0 aromatic carbocycles. The normalized spacial score (nSPS) is 9.86. The number of aryl methyl sites for hydroxylation is 2. The second kappa shape index (κ2) is 5.26. The van der Waals surface area contributed by atoms with Crippen molar-refractivity contribution in [3.05, 3.63) is 18.7 Å². The molecule has 0 aliphatic carbocycles. The van der Waals surface area contributed by atoms with Gasteiger partial charge in [0.15, 0.2) is 0 Å². The van der Waals surface area contributed by atoms with Crippen LogP contribution >= 0.6 is 0 Å². The zero-order valence-corrected chi connectivity index (χ0v) is 8.56. The predicted octanol–water partition coefficient (Wildman–Crippen LogP) is 0.0587. The van der Waals surface area contributed by atoms with Crippen LogP contribution in [0.5, 0.6) is 0 Å². The highest BCUT2D eigenvalue weighted by atomic mass is 16.5. The average molecular weight is 198 g/mol. The summed E-state index contributed by atoms with van der Waals surface area (Å²) in [5.41, 5.74) is 0. The van der Waals surface area contributed by atoms with Crippen molar-refractivity contribution in [2.24, 2.45) is 7.05 Å². The van der Waals surface area contributed by atoms with Gasteiger partial charge in [0, 0.05) is 13.5 Å². The van der Waals surface area contributed by atoms with Crippen LogP contribution in [0.2, 0.25) is 0 Å². The van der Waals surface area contributed by atoms with Gasteiger partial charge in [-0.25, -0.2) is 13.9 Å². The summed E-state index contributed by atoms with van der Waals surface area (Å²) in [5, 5.41) is 2.40. The highest BCUT2D eigenvalue weighted by molar-refractivity contribution is 5.66. The molecular weight excluding hydrogens is 182 g/mol. The second-order valence-electron chi connectivity index (χ2n) is 3.06. The number of ether oxygens (including phenoxy) is 1. The van der Waals surface area contributed by atoms with Gasteiger partial charge in [0.25, 0.3) is 0 Å². The maximum atomic E-state index is 10.7. The molecule has 0 atom stereocenters. The Morgan fingerprint density at radius 1 is 1.64 bits per heavy atom. The van der Waals surface area contributed by atoms with Crippen LogP contribution in [0.25, 0.3) is 0 Å². The topological polar surface area (TPSA) is 47.1 Å². The number of hydrogen-bond donors (Lipinski definition) is 1. The van der Waals surface area contributed by atoms with Gasteiger partial charge in [-0.1, -0.05) is 0 Å². The largest absolute Gasteiger partial charge is 0.449 e. The molecule has 1 rings (SSSR count). The van der Waals surface area contributed by atoms with E-state index in [-0.39, 0.29) is 6.09 Å². The van der Waals surface area contributed by atoms with Gasteiger partial charge >= 0.3 is 6.09 Å². The smallest absolute Gasteiger partial charge is 0.406 e. The first kappa shape index (κ1) is 10.6. The first-order valence-electron chi connectivity index (χ1n) is 4.58. The molecule has 0 bridgehead atoms. The number of alkyl carbamates (subject to hydrolysis) is 1. The van der Waals surface area contributed by atoms with Gasteiger partial charge in [0.2, 0.25) is 6.33 Å². The number of imidazole rings is 1. The summed E-state index contributed by atoms with van der Waals surface area (Å²) < 4.78 is 8.87. The van der Waals surface area contributed by atoms with E-state index < -0.39 is 0 Å². The molecule has 1 aromatic heterocycles. The summed E-state index contributed by atoms with van der Waals surface area (Å²) in [6.45, 7) is 1.30. The Balaban J connectivity index is 2.13. The Morgan fingerprint density at radius 3 is 3.00 bits per heavy atom. The Hall–Kier alpha value is -1.52. The highest BCUT2D eigenvalue weighted by Gasteiger charge is 2.01. The van der Waals surface area contributed by atoms with Gasteiger partial charge in [0.05, 0.1) is 20.2 Å². The van der Waals surface area contributed by atoms with Crippen LogP contribution < -0.4 is 9.88 Å².